The summed E-state index contributed by atoms with van der Waals surface area (Å²) in [6.07, 6.45) is 7.77. The maximum atomic E-state index is 2.47. The summed E-state index contributed by atoms with van der Waals surface area (Å²) < 4.78 is 1.34. The summed E-state index contributed by atoms with van der Waals surface area (Å²) in [6.45, 7) is 1.48. The number of fused-ring (bicyclic) bond motifs is 2. The zero-order chi connectivity index (χ0) is 9.05. The molecule has 2 saturated heterocycles. The number of rotatable bonds is 0. The van der Waals surface area contributed by atoms with Crippen molar-refractivity contribution in [3.63, 3.8) is 0 Å². The maximum absolute atomic E-state index is 2.47. The topological polar surface area (TPSA) is 0 Å². The molecule has 74 valence electrons. The highest BCUT2D eigenvalue weighted by molar-refractivity contribution is 4.92. The Hall–Kier alpha value is -0.0400. The van der Waals surface area contributed by atoms with Gasteiger partial charge in [-0.3, -0.25) is 0 Å². The van der Waals surface area contributed by atoms with Gasteiger partial charge < -0.3 is 4.48 Å². The predicted molar refractivity (Wildman–Crippen MR) is 54.3 cm³/mol. The molecule has 2 aliphatic heterocycles. The smallest absolute Gasteiger partial charge is 0.0914 e. The van der Waals surface area contributed by atoms with E-state index in [0.29, 0.717) is 0 Å². The average molecular weight is 180 g/mol. The Bertz CT molecular complexity index is 221. The van der Waals surface area contributed by atoms with E-state index in [1.807, 2.05) is 0 Å². The fourth-order valence-corrected chi connectivity index (χ4v) is 4.59. The fraction of sp³-hybridized carbons (Fsp3) is 1.00. The molecule has 4 atom stereocenters. The monoisotopic (exact) mass is 180 g/mol. The van der Waals surface area contributed by atoms with Crippen molar-refractivity contribution in [2.24, 2.45) is 17.8 Å². The molecule has 2 saturated carbocycles. The molecule has 1 nitrogen and oxygen atoms in total. The summed E-state index contributed by atoms with van der Waals surface area (Å²) >= 11 is 0. The van der Waals surface area contributed by atoms with Gasteiger partial charge in [0.05, 0.1) is 26.7 Å². The standard InChI is InChI=1S/C12H22N/c1-13(2)8-11-5-6-12(13)10-4-3-9(11)7-10/h9-12H,3-8H2,1-2H3/q+1/t9-,10+,11+,12?/m0/s1. The van der Waals surface area contributed by atoms with E-state index in [-0.39, 0.29) is 0 Å². The van der Waals surface area contributed by atoms with Gasteiger partial charge >= 0.3 is 0 Å². The van der Waals surface area contributed by atoms with E-state index in [1.54, 1.807) is 25.7 Å². The summed E-state index contributed by atoms with van der Waals surface area (Å²) in [5.41, 5.74) is 0. The second kappa shape index (κ2) is 2.50. The largest absolute Gasteiger partial charge is 0.326 e. The molecule has 1 unspecified atom stereocenters. The van der Waals surface area contributed by atoms with Gasteiger partial charge in [-0.15, -0.1) is 0 Å². The van der Waals surface area contributed by atoms with Crippen LogP contribution in [0.4, 0.5) is 0 Å². The van der Waals surface area contributed by atoms with E-state index in [1.165, 1.54) is 17.4 Å². The summed E-state index contributed by atoms with van der Waals surface area (Å²) in [7, 11) is 4.94. The summed E-state index contributed by atoms with van der Waals surface area (Å²) in [5.74, 6) is 3.29. The first-order valence-electron chi connectivity index (χ1n) is 5.99. The van der Waals surface area contributed by atoms with Crippen molar-refractivity contribution < 1.29 is 4.48 Å². The van der Waals surface area contributed by atoms with E-state index in [9.17, 15) is 0 Å². The Labute approximate surface area is 81.7 Å². The van der Waals surface area contributed by atoms with Gasteiger partial charge in [-0.1, -0.05) is 0 Å². The first-order chi connectivity index (χ1) is 6.17. The molecule has 0 aromatic heterocycles. The number of quaternary nitrogens is 1. The van der Waals surface area contributed by atoms with Crippen LogP contribution in [0.3, 0.4) is 0 Å². The second-order valence-electron chi connectivity index (χ2n) is 6.20. The predicted octanol–water partition coefficient (Wildman–Crippen LogP) is 2.27. The van der Waals surface area contributed by atoms with Crippen LogP contribution in [0.5, 0.6) is 0 Å². The molecule has 4 fully saturated rings. The van der Waals surface area contributed by atoms with Crippen molar-refractivity contribution in [2.75, 3.05) is 20.6 Å². The zero-order valence-electron chi connectivity index (χ0n) is 9.00. The quantitative estimate of drug-likeness (QED) is 0.502. The van der Waals surface area contributed by atoms with Crippen LogP contribution in [0, 0.1) is 17.8 Å². The third-order valence-electron chi connectivity index (χ3n) is 5.16. The molecule has 2 heterocycles. The lowest BCUT2D eigenvalue weighted by atomic mass is 9.82. The van der Waals surface area contributed by atoms with Gasteiger partial charge in [0.25, 0.3) is 0 Å². The average Bonchev–Trinajstić information content (AvgIpc) is 2.39. The van der Waals surface area contributed by atoms with Crippen molar-refractivity contribution in [1.82, 2.24) is 0 Å². The van der Waals surface area contributed by atoms with Gasteiger partial charge in [0.2, 0.25) is 0 Å². The van der Waals surface area contributed by atoms with Crippen LogP contribution in [0.15, 0.2) is 0 Å². The normalized spacial score (nSPS) is 52.2. The lowest BCUT2D eigenvalue weighted by Crippen LogP contribution is -2.56. The molecule has 0 spiro atoms. The minimum atomic E-state index is 1.02. The number of nitrogens with zero attached hydrogens (tertiary/aromatic N) is 1. The highest BCUT2D eigenvalue weighted by atomic mass is 15.3. The van der Waals surface area contributed by atoms with Crippen LogP contribution < -0.4 is 0 Å². The van der Waals surface area contributed by atoms with Crippen molar-refractivity contribution in [3.8, 4) is 0 Å². The number of hydrogen-bond acceptors (Lipinski definition) is 0. The number of hydrogen-bond donors (Lipinski definition) is 0. The summed E-state index contributed by atoms with van der Waals surface area (Å²) in [6, 6.07) is 1.02. The van der Waals surface area contributed by atoms with E-state index in [0.717, 1.165) is 23.8 Å². The van der Waals surface area contributed by atoms with Crippen LogP contribution >= 0.6 is 0 Å². The van der Waals surface area contributed by atoms with Gasteiger partial charge in [0, 0.05) is 18.3 Å². The third kappa shape index (κ3) is 1.09. The Kier molecular flexibility index (Phi) is 1.59. The van der Waals surface area contributed by atoms with E-state index in [4.69, 9.17) is 0 Å². The third-order valence-corrected chi connectivity index (χ3v) is 5.16. The van der Waals surface area contributed by atoms with Crippen LogP contribution in [-0.2, 0) is 0 Å². The molecule has 13 heavy (non-hydrogen) atoms. The molecule has 2 aliphatic carbocycles. The van der Waals surface area contributed by atoms with Crippen LogP contribution in [0.25, 0.3) is 0 Å². The van der Waals surface area contributed by atoms with Crippen molar-refractivity contribution in [3.05, 3.63) is 0 Å². The molecule has 4 aliphatic rings. The minimum Gasteiger partial charge on any atom is -0.326 e. The Balaban J connectivity index is 1.97. The number of piperidine rings is 1. The van der Waals surface area contributed by atoms with Crippen LogP contribution in [0.1, 0.15) is 32.1 Å². The summed E-state index contributed by atoms with van der Waals surface area (Å²) in [4.78, 5) is 0. The van der Waals surface area contributed by atoms with Gasteiger partial charge in [0.1, 0.15) is 0 Å². The molecular weight excluding hydrogens is 158 g/mol. The molecule has 0 amide bonds. The fourth-order valence-electron chi connectivity index (χ4n) is 4.59. The van der Waals surface area contributed by atoms with Gasteiger partial charge in [-0.2, -0.15) is 0 Å². The first-order valence-corrected chi connectivity index (χ1v) is 5.99. The molecule has 0 N–H and O–H groups in total. The lowest BCUT2D eigenvalue weighted by molar-refractivity contribution is -0.926. The highest BCUT2D eigenvalue weighted by Gasteiger charge is 2.50. The van der Waals surface area contributed by atoms with E-state index >= 15 is 0 Å². The van der Waals surface area contributed by atoms with E-state index in [2.05, 4.69) is 14.1 Å². The Morgan fingerprint density at radius 3 is 2.31 bits per heavy atom. The molecule has 1 heteroatoms. The summed E-state index contributed by atoms with van der Waals surface area (Å²) in [5, 5.41) is 0. The highest BCUT2D eigenvalue weighted by Crippen LogP contribution is 2.50. The Morgan fingerprint density at radius 2 is 1.54 bits per heavy atom. The zero-order valence-corrected chi connectivity index (χ0v) is 9.00. The van der Waals surface area contributed by atoms with Crippen molar-refractivity contribution in [2.45, 2.75) is 38.1 Å². The minimum absolute atomic E-state index is 1.02. The second-order valence-corrected chi connectivity index (χ2v) is 6.20. The first kappa shape index (κ1) is 8.28. The van der Waals surface area contributed by atoms with Gasteiger partial charge in [-0.05, 0) is 31.6 Å². The molecule has 4 bridgehead atoms. The van der Waals surface area contributed by atoms with Crippen LogP contribution in [0.2, 0.25) is 0 Å². The maximum Gasteiger partial charge on any atom is 0.0914 e. The van der Waals surface area contributed by atoms with Crippen molar-refractivity contribution >= 4 is 0 Å². The van der Waals surface area contributed by atoms with E-state index < -0.39 is 0 Å². The molecule has 4 rings (SSSR count). The molecular formula is C12H22N+. The van der Waals surface area contributed by atoms with Gasteiger partial charge in [-0.25, -0.2) is 0 Å². The SMILES string of the molecule is C[N+]1(C)C[C@H]2CCC1[C@@H]1CC[C@H]2C1. The molecule has 0 radical (unpaired) electrons. The molecule has 0 aromatic carbocycles. The van der Waals surface area contributed by atoms with Crippen LogP contribution in [-0.4, -0.2) is 31.2 Å². The van der Waals surface area contributed by atoms with Crippen molar-refractivity contribution in [1.29, 1.82) is 0 Å². The molecule has 0 aromatic rings. The van der Waals surface area contributed by atoms with Gasteiger partial charge in [0.15, 0.2) is 0 Å². The Morgan fingerprint density at radius 1 is 0.846 bits per heavy atom. The lowest BCUT2D eigenvalue weighted by Gasteiger charge is -2.46.